The second-order valence-corrected chi connectivity index (χ2v) is 3.17. The molecule has 0 saturated carbocycles. The summed E-state index contributed by atoms with van der Waals surface area (Å²) < 4.78 is 5.54. The van der Waals surface area contributed by atoms with Gasteiger partial charge in [0.15, 0.2) is 5.76 Å². The quantitative estimate of drug-likeness (QED) is 0.796. The Morgan fingerprint density at radius 1 is 1.12 bits per heavy atom. The molecule has 0 radical (unpaired) electrons. The molecule has 80 valence electrons. The number of nitrogens with zero attached hydrogens (tertiary/aromatic N) is 1. The van der Waals surface area contributed by atoms with Crippen molar-refractivity contribution in [2.45, 2.75) is 0 Å². The first-order valence-electron chi connectivity index (χ1n) is 4.96. The Morgan fingerprint density at radius 3 is 2.69 bits per heavy atom. The minimum atomic E-state index is 0.567. The Kier molecular flexibility index (Phi) is 3.18. The van der Waals surface area contributed by atoms with Crippen molar-refractivity contribution in [3.05, 3.63) is 60.8 Å². The van der Waals surface area contributed by atoms with Crippen LogP contribution in [0.25, 0.3) is 17.4 Å². The molecule has 0 spiro atoms. The SMILES string of the molecule is NC=CC=Cc1ncc(-c2ccccc2)o1. The Bertz CT molecular complexity index is 498. The molecule has 0 fully saturated rings. The smallest absolute Gasteiger partial charge is 0.219 e. The highest BCUT2D eigenvalue weighted by atomic mass is 16.4. The van der Waals surface area contributed by atoms with Crippen LogP contribution >= 0.6 is 0 Å². The molecule has 1 heterocycles. The molecular formula is C13H12N2O. The lowest BCUT2D eigenvalue weighted by Crippen LogP contribution is -1.72. The summed E-state index contributed by atoms with van der Waals surface area (Å²) in [7, 11) is 0. The average molecular weight is 212 g/mol. The van der Waals surface area contributed by atoms with Crippen molar-refractivity contribution in [2.75, 3.05) is 0 Å². The van der Waals surface area contributed by atoms with Crippen molar-refractivity contribution in [1.82, 2.24) is 4.98 Å². The van der Waals surface area contributed by atoms with Gasteiger partial charge in [0.05, 0.1) is 6.20 Å². The lowest BCUT2D eigenvalue weighted by atomic mass is 10.2. The van der Waals surface area contributed by atoms with Crippen LogP contribution in [-0.4, -0.2) is 4.98 Å². The lowest BCUT2D eigenvalue weighted by Gasteiger charge is -1.92. The second kappa shape index (κ2) is 4.98. The number of benzene rings is 1. The summed E-state index contributed by atoms with van der Waals surface area (Å²) >= 11 is 0. The molecule has 1 aromatic heterocycles. The zero-order valence-electron chi connectivity index (χ0n) is 8.71. The van der Waals surface area contributed by atoms with Gasteiger partial charge in [0, 0.05) is 11.6 Å². The van der Waals surface area contributed by atoms with Gasteiger partial charge in [-0.1, -0.05) is 36.4 Å². The van der Waals surface area contributed by atoms with Gasteiger partial charge in [-0.2, -0.15) is 0 Å². The van der Waals surface area contributed by atoms with Gasteiger partial charge >= 0.3 is 0 Å². The van der Waals surface area contributed by atoms with Crippen LogP contribution < -0.4 is 5.73 Å². The van der Waals surface area contributed by atoms with E-state index in [1.165, 1.54) is 6.20 Å². The van der Waals surface area contributed by atoms with Crippen molar-refractivity contribution in [2.24, 2.45) is 5.73 Å². The van der Waals surface area contributed by atoms with Crippen LogP contribution in [0.5, 0.6) is 0 Å². The van der Waals surface area contributed by atoms with Gasteiger partial charge in [-0.05, 0) is 12.3 Å². The van der Waals surface area contributed by atoms with Crippen LogP contribution in [0.3, 0.4) is 0 Å². The minimum absolute atomic E-state index is 0.567. The summed E-state index contributed by atoms with van der Waals surface area (Å²) in [6, 6.07) is 9.85. The molecule has 0 atom stereocenters. The van der Waals surface area contributed by atoms with Crippen molar-refractivity contribution in [3.8, 4) is 11.3 Å². The van der Waals surface area contributed by atoms with E-state index in [1.807, 2.05) is 30.3 Å². The first kappa shape index (κ1) is 10.2. The van der Waals surface area contributed by atoms with Crippen LogP contribution in [0.1, 0.15) is 5.89 Å². The van der Waals surface area contributed by atoms with Gasteiger partial charge in [-0.15, -0.1) is 0 Å². The predicted molar refractivity (Wildman–Crippen MR) is 64.3 cm³/mol. The number of hydrogen-bond acceptors (Lipinski definition) is 3. The molecular weight excluding hydrogens is 200 g/mol. The number of hydrogen-bond donors (Lipinski definition) is 1. The molecule has 0 unspecified atom stereocenters. The van der Waals surface area contributed by atoms with Crippen molar-refractivity contribution in [3.63, 3.8) is 0 Å². The summed E-state index contributed by atoms with van der Waals surface area (Å²) in [5.41, 5.74) is 6.22. The number of allylic oxidation sites excluding steroid dienone is 2. The Morgan fingerprint density at radius 2 is 1.94 bits per heavy atom. The van der Waals surface area contributed by atoms with Crippen LogP contribution in [-0.2, 0) is 0 Å². The Hall–Kier alpha value is -2.29. The van der Waals surface area contributed by atoms with Gasteiger partial charge in [0.25, 0.3) is 0 Å². The normalized spacial score (nSPS) is 11.5. The third-order valence-corrected chi connectivity index (χ3v) is 2.04. The molecule has 1 aromatic carbocycles. The zero-order valence-corrected chi connectivity index (χ0v) is 8.71. The highest BCUT2D eigenvalue weighted by molar-refractivity contribution is 5.57. The van der Waals surface area contributed by atoms with E-state index < -0.39 is 0 Å². The Balaban J connectivity index is 2.20. The summed E-state index contributed by atoms with van der Waals surface area (Å²) in [6.45, 7) is 0. The summed E-state index contributed by atoms with van der Waals surface area (Å²) in [4.78, 5) is 4.14. The molecule has 0 aliphatic rings. The van der Waals surface area contributed by atoms with E-state index in [2.05, 4.69) is 4.98 Å². The summed E-state index contributed by atoms with van der Waals surface area (Å²) in [5, 5.41) is 0. The number of rotatable bonds is 3. The third kappa shape index (κ3) is 2.39. The Labute approximate surface area is 93.9 Å². The maximum atomic E-state index is 5.54. The highest BCUT2D eigenvalue weighted by Gasteiger charge is 2.02. The van der Waals surface area contributed by atoms with E-state index in [-0.39, 0.29) is 0 Å². The van der Waals surface area contributed by atoms with E-state index in [0.29, 0.717) is 5.89 Å². The minimum Gasteiger partial charge on any atom is -0.437 e. The number of oxazole rings is 1. The van der Waals surface area contributed by atoms with Gasteiger partial charge in [-0.3, -0.25) is 0 Å². The molecule has 0 aliphatic carbocycles. The molecule has 0 aliphatic heterocycles. The van der Waals surface area contributed by atoms with E-state index in [4.69, 9.17) is 10.2 Å². The van der Waals surface area contributed by atoms with E-state index in [1.54, 1.807) is 24.4 Å². The molecule has 0 bridgehead atoms. The fourth-order valence-corrected chi connectivity index (χ4v) is 1.30. The topological polar surface area (TPSA) is 52.0 Å². The molecule has 2 N–H and O–H groups in total. The fraction of sp³-hybridized carbons (Fsp3) is 0. The number of nitrogens with two attached hydrogens (primary N) is 1. The van der Waals surface area contributed by atoms with E-state index in [9.17, 15) is 0 Å². The van der Waals surface area contributed by atoms with Crippen LogP contribution in [0, 0.1) is 0 Å². The largest absolute Gasteiger partial charge is 0.437 e. The first-order chi connectivity index (χ1) is 7.90. The monoisotopic (exact) mass is 212 g/mol. The lowest BCUT2D eigenvalue weighted by molar-refractivity contribution is 0.560. The maximum absolute atomic E-state index is 5.54. The van der Waals surface area contributed by atoms with Crippen molar-refractivity contribution >= 4 is 6.08 Å². The van der Waals surface area contributed by atoms with Crippen molar-refractivity contribution < 1.29 is 4.42 Å². The standard InChI is InChI=1S/C13H12N2O/c14-9-5-4-8-13-15-10-12(16-13)11-6-2-1-3-7-11/h1-10H,14H2. The van der Waals surface area contributed by atoms with Gasteiger partial charge < -0.3 is 10.2 Å². The summed E-state index contributed by atoms with van der Waals surface area (Å²) in [6.07, 6.45) is 8.42. The van der Waals surface area contributed by atoms with Crippen LogP contribution in [0.4, 0.5) is 0 Å². The molecule has 16 heavy (non-hydrogen) atoms. The molecule has 3 nitrogen and oxygen atoms in total. The highest BCUT2D eigenvalue weighted by Crippen LogP contribution is 2.19. The third-order valence-electron chi connectivity index (χ3n) is 2.04. The predicted octanol–water partition coefficient (Wildman–Crippen LogP) is 2.83. The fourth-order valence-electron chi connectivity index (χ4n) is 1.30. The molecule has 2 rings (SSSR count). The van der Waals surface area contributed by atoms with Gasteiger partial charge in [0.1, 0.15) is 0 Å². The maximum Gasteiger partial charge on any atom is 0.219 e. The van der Waals surface area contributed by atoms with E-state index >= 15 is 0 Å². The summed E-state index contributed by atoms with van der Waals surface area (Å²) in [5.74, 6) is 1.33. The van der Waals surface area contributed by atoms with E-state index in [0.717, 1.165) is 11.3 Å². The average Bonchev–Trinajstić information content (AvgIpc) is 2.79. The molecule has 2 aromatic rings. The first-order valence-corrected chi connectivity index (χ1v) is 4.96. The molecule has 3 heteroatoms. The second-order valence-electron chi connectivity index (χ2n) is 3.17. The molecule has 0 saturated heterocycles. The zero-order chi connectivity index (χ0) is 11.2. The van der Waals surface area contributed by atoms with Crippen LogP contribution in [0.15, 0.2) is 59.3 Å². The number of aromatic nitrogens is 1. The van der Waals surface area contributed by atoms with Gasteiger partial charge in [-0.25, -0.2) is 4.98 Å². The van der Waals surface area contributed by atoms with Crippen LogP contribution in [0.2, 0.25) is 0 Å². The van der Waals surface area contributed by atoms with Gasteiger partial charge in [0.2, 0.25) is 5.89 Å². The molecule has 0 amide bonds. The van der Waals surface area contributed by atoms with Crippen molar-refractivity contribution in [1.29, 1.82) is 0 Å².